The Hall–Kier alpha value is -7.36. The number of aromatic nitrogens is 2. The summed E-state index contributed by atoms with van der Waals surface area (Å²) in [6.45, 7) is 0. The highest BCUT2D eigenvalue weighted by molar-refractivity contribution is 6.23. The van der Waals surface area contributed by atoms with E-state index >= 15 is 0 Å². The zero-order valence-electron chi connectivity index (χ0n) is 29.8. The van der Waals surface area contributed by atoms with Gasteiger partial charge in [0.05, 0.1) is 22.9 Å². The molecule has 0 aliphatic heterocycles. The summed E-state index contributed by atoms with van der Waals surface area (Å²) in [7, 11) is 0. The van der Waals surface area contributed by atoms with Crippen LogP contribution < -0.4 is 0 Å². The van der Waals surface area contributed by atoms with Crippen LogP contribution in [0.2, 0.25) is 0 Å². The van der Waals surface area contributed by atoms with Gasteiger partial charge in [0.25, 0.3) is 0 Å². The molecule has 0 bridgehead atoms. The molecule has 0 N–H and O–H groups in total. The van der Waals surface area contributed by atoms with Gasteiger partial charge in [-0.2, -0.15) is 0 Å². The topological polar surface area (TPSA) is 38.9 Å². The molecular formula is C52H32N2O. The smallest absolute Gasteiger partial charge is 0.143 e. The van der Waals surface area contributed by atoms with E-state index in [-0.39, 0.29) is 0 Å². The Morgan fingerprint density at radius 3 is 1.58 bits per heavy atom. The third-order valence-electron chi connectivity index (χ3n) is 10.9. The average molecular weight is 701 g/mol. The van der Waals surface area contributed by atoms with Crippen LogP contribution in [0, 0.1) is 0 Å². The quantitative estimate of drug-likeness (QED) is 0.168. The molecule has 0 aliphatic rings. The molecule has 9 aromatic carbocycles. The van der Waals surface area contributed by atoms with E-state index in [1.807, 2.05) is 6.20 Å². The molecule has 2 heterocycles. The van der Waals surface area contributed by atoms with Gasteiger partial charge in [0.15, 0.2) is 0 Å². The first kappa shape index (κ1) is 31.2. The molecule has 0 fully saturated rings. The van der Waals surface area contributed by atoms with Crippen molar-refractivity contribution in [3.05, 3.63) is 194 Å². The normalized spacial score (nSPS) is 11.6. The fourth-order valence-electron chi connectivity index (χ4n) is 8.24. The second kappa shape index (κ2) is 12.6. The van der Waals surface area contributed by atoms with Gasteiger partial charge in [-0.25, -0.2) is 4.98 Å². The van der Waals surface area contributed by atoms with E-state index < -0.39 is 0 Å². The first-order valence-electron chi connectivity index (χ1n) is 18.6. The largest absolute Gasteiger partial charge is 0.455 e. The van der Waals surface area contributed by atoms with Crippen LogP contribution in [-0.2, 0) is 0 Å². The maximum absolute atomic E-state index is 6.76. The molecular weight excluding hydrogens is 669 g/mol. The number of hydrogen-bond acceptors (Lipinski definition) is 3. The summed E-state index contributed by atoms with van der Waals surface area (Å²) in [5.41, 5.74) is 14.6. The molecule has 0 amide bonds. The van der Waals surface area contributed by atoms with Crippen LogP contribution in [-0.4, -0.2) is 9.97 Å². The van der Waals surface area contributed by atoms with Crippen LogP contribution in [0.3, 0.4) is 0 Å². The Kier molecular flexibility index (Phi) is 7.17. The number of hydrogen-bond donors (Lipinski definition) is 0. The molecule has 3 heteroatoms. The Morgan fingerprint density at radius 1 is 0.327 bits per heavy atom. The van der Waals surface area contributed by atoms with Crippen molar-refractivity contribution >= 4 is 54.5 Å². The average Bonchev–Trinajstić information content (AvgIpc) is 3.65. The van der Waals surface area contributed by atoms with E-state index in [0.29, 0.717) is 0 Å². The molecule has 2 aromatic heterocycles. The third kappa shape index (κ3) is 5.20. The zero-order valence-corrected chi connectivity index (χ0v) is 29.8. The fourth-order valence-corrected chi connectivity index (χ4v) is 8.24. The van der Waals surface area contributed by atoms with Crippen LogP contribution >= 0.6 is 0 Å². The lowest BCUT2D eigenvalue weighted by Gasteiger charge is -2.14. The van der Waals surface area contributed by atoms with Crippen molar-refractivity contribution in [1.29, 1.82) is 0 Å². The first-order valence-corrected chi connectivity index (χ1v) is 18.6. The molecule has 256 valence electrons. The summed E-state index contributed by atoms with van der Waals surface area (Å²) in [5, 5.41) is 6.83. The monoisotopic (exact) mass is 700 g/mol. The highest BCUT2D eigenvalue weighted by atomic mass is 16.3. The third-order valence-corrected chi connectivity index (χ3v) is 10.9. The van der Waals surface area contributed by atoms with Crippen LogP contribution in [0.4, 0.5) is 0 Å². The maximum Gasteiger partial charge on any atom is 0.143 e. The number of rotatable bonds is 5. The van der Waals surface area contributed by atoms with E-state index in [2.05, 4.69) is 188 Å². The maximum atomic E-state index is 6.76. The van der Waals surface area contributed by atoms with Gasteiger partial charge in [-0.1, -0.05) is 164 Å². The minimum atomic E-state index is 0.849. The molecule has 0 saturated heterocycles. The summed E-state index contributed by atoms with van der Waals surface area (Å²) in [6, 6.07) is 66.5. The minimum absolute atomic E-state index is 0.849. The highest BCUT2D eigenvalue weighted by Gasteiger charge is 2.19. The van der Waals surface area contributed by atoms with Gasteiger partial charge in [-0.15, -0.1) is 0 Å². The molecule has 55 heavy (non-hydrogen) atoms. The Labute approximate surface area is 317 Å². The number of furan rings is 1. The second-order valence-electron chi connectivity index (χ2n) is 14.1. The van der Waals surface area contributed by atoms with Crippen molar-refractivity contribution in [3.63, 3.8) is 0 Å². The van der Waals surface area contributed by atoms with Gasteiger partial charge in [-0.3, -0.25) is 4.98 Å². The van der Waals surface area contributed by atoms with E-state index in [0.717, 1.165) is 82.8 Å². The molecule has 11 rings (SSSR count). The summed E-state index contributed by atoms with van der Waals surface area (Å²) >= 11 is 0. The summed E-state index contributed by atoms with van der Waals surface area (Å²) in [5.74, 6) is 0. The van der Waals surface area contributed by atoms with Gasteiger partial charge >= 0.3 is 0 Å². The van der Waals surface area contributed by atoms with Gasteiger partial charge in [-0.05, 0) is 74.0 Å². The predicted molar refractivity (Wildman–Crippen MR) is 229 cm³/mol. The van der Waals surface area contributed by atoms with Gasteiger partial charge < -0.3 is 4.42 Å². The molecule has 11 aromatic rings. The highest BCUT2D eigenvalue weighted by Crippen LogP contribution is 2.44. The lowest BCUT2D eigenvalue weighted by molar-refractivity contribution is 0.670. The first-order chi connectivity index (χ1) is 27.3. The Bertz CT molecular complexity index is 3200. The van der Waals surface area contributed by atoms with Crippen molar-refractivity contribution in [2.45, 2.75) is 0 Å². The van der Waals surface area contributed by atoms with E-state index in [1.54, 1.807) is 0 Å². The van der Waals surface area contributed by atoms with Crippen molar-refractivity contribution in [2.75, 3.05) is 0 Å². The molecule has 0 radical (unpaired) electrons. The number of benzene rings is 9. The lowest BCUT2D eigenvalue weighted by atomic mass is 9.90. The summed E-state index contributed by atoms with van der Waals surface area (Å²) in [4.78, 5) is 10.2. The molecule has 0 spiro atoms. The minimum Gasteiger partial charge on any atom is -0.455 e. The van der Waals surface area contributed by atoms with Crippen LogP contribution in [0.5, 0.6) is 0 Å². The van der Waals surface area contributed by atoms with Crippen LogP contribution in [0.25, 0.3) is 110 Å². The lowest BCUT2D eigenvalue weighted by Crippen LogP contribution is -1.92. The van der Waals surface area contributed by atoms with Gasteiger partial charge in [0.2, 0.25) is 0 Å². The predicted octanol–water partition coefficient (Wildman–Crippen LogP) is 14.2. The molecule has 0 atom stereocenters. The van der Waals surface area contributed by atoms with Crippen molar-refractivity contribution in [3.8, 4) is 55.8 Å². The van der Waals surface area contributed by atoms with Crippen molar-refractivity contribution in [2.24, 2.45) is 0 Å². The number of nitrogens with zero attached hydrogens (tertiary/aromatic N) is 2. The van der Waals surface area contributed by atoms with Gasteiger partial charge in [0, 0.05) is 32.7 Å². The molecule has 0 saturated carbocycles. The van der Waals surface area contributed by atoms with Crippen molar-refractivity contribution < 1.29 is 4.42 Å². The number of fused-ring (bicyclic) bond motifs is 9. The fraction of sp³-hybridized carbons (Fsp3) is 0. The van der Waals surface area contributed by atoms with E-state index in [4.69, 9.17) is 14.4 Å². The Morgan fingerprint density at radius 2 is 0.873 bits per heavy atom. The Balaban J connectivity index is 1.05. The van der Waals surface area contributed by atoms with Crippen molar-refractivity contribution in [1.82, 2.24) is 9.97 Å². The zero-order chi connectivity index (χ0) is 36.3. The van der Waals surface area contributed by atoms with Crippen LogP contribution in [0.1, 0.15) is 0 Å². The standard InChI is InChI=1S/C52H32N2O/c1-3-13-33(14-4-1)37-27-28-49-45(29-37)47-31-38(34-15-5-2-6-16-34)30-46(52(47)55-49)40-18-8-7-17-39(40)35-23-25-36(26-24-35)48-32-53-50-43-21-11-9-19-41(43)42-20-10-12-22-44(42)51(50)54-48/h1-32H. The summed E-state index contributed by atoms with van der Waals surface area (Å²) < 4.78 is 6.76. The van der Waals surface area contributed by atoms with E-state index in [1.165, 1.54) is 27.5 Å². The molecule has 0 aliphatic carbocycles. The van der Waals surface area contributed by atoms with Gasteiger partial charge in [0.1, 0.15) is 11.2 Å². The SMILES string of the molecule is c1ccc(-c2ccc3oc4c(-c5ccccc5-c5ccc(-c6cnc7c8ccccc8c8ccccc8c7n6)cc5)cc(-c5ccccc5)cc4c3c2)cc1. The molecule has 3 nitrogen and oxygen atoms in total. The summed E-state index contributed by atoms with van der Waals surface area (Å²) in [6.07, 6.45) is 1.91. The van der Waals surface area contributed by atoms with E-state index in [9.17, 15) is 0 Å². The van der Waals surface area contributed by atoms with Crippen LogP contribution in [0.15, 0.2) is 199 Å². The second-order valence-corrected chi connectivity index (χ2v) is 14.1. The molecule has 0 unspecified atom stereocenters.